The zero-order chi connectivity index (χ0) is 25.1. The van der Waals surface area contributed by atoms with Crippen molar-refractivity contribution in [2.24, 2.45) is 0 Å². The predicted molar refractivity (Wildman–Crippen MR) is 130 cm³/mol. The molecule has 2 N–H and O–H groups in total. The van der Waals surface area contributed by atoms with Crippen molar-refractivity contribution in [3.05, 3.63) is 77.0 Å². The largest absolute Gasteiger partial charge is 0.489 e. The number of piperidine rings is 1. The Morgan fingerprint density at radius 2 is 1.86 bits per heavy atom. The number of halogens is 1. The van der Waals surface area contributed by atoms with Crippen LogP contribution in [0.5, 0.6) is 5.75 Å². The van der Waals surface area contributed by atoms with E-state index >= 15 is 0 Å². The predicted octanol–water partition coefficient (Wildman–Crippen LogP) is 2.85. The summed E-state index contributed by atoms with van der Waals surface area (Å²) in [5.74, 6) is 0.0404. The van der Waals surface area contributed by atoms with Gasteiger partial charge in [-0.15, -0.1) is 4.79 Å². The summed E-state index contributed by atoms with van der Waals surface area (Å²) in [7, 11) is 0. The van der Waals surface area contributed by atoms with E-state index in [1.165, 1.54) is 16.8 Å². The summed E-state index contributed by atoms with van der Waals surface area (Å²) in [6, 6.07) is 15.1. The number of imidazole rings is 1. The summed E-state index contributed by atoms with van der Waals surface area (Å²) in [6.07, 6.45) is 1.94. The van der Waals surface area contributed by atoms with Gasteiger partial charge in [-0.1, -0.05) is 33.9 Å². The summed E-state index contributed by atoms with van der Waals surface area (Å²) < 4.78 is 26.5. The summed E-state index contributed by atoms with van der Waals surface area (Å²) in [4.78, 5) is 27.0. The Hall–Kier alpha value is -3.96. The van der Waals surface area contributed by atoms with Crippen molar-refractivity contribution in [1.29, 1.82) is 0 Å². The third kappa shape index (κ3) is 4.88. The Morgan fingerprint density at radius 3 is 2.61 bits per heavy atom. The van der Waals surface area contributed by atoms with E-state index in [-0.39, 0.29) is 28.7 Å². The lowest BCUT2D eigenvalue weighted by molar-refractivity contribution is 0.0559. The SMILES string of the molecule is O=C(Nc1ccccc1OCC(O)CN1CCC(n2c(=O)n(F)c3ccccc32)CC1)c1ccno1. The minimum atomic E-state index is -0.768. The quantitative estimate of drug-likeness (QED) is 0.386. The van der Waals surface area contributed by atoms with Crippen LogP contribution < -0.4 is 15.7 Å². The number of fused-ring (bicyclic) bond motifs is 1. The molecule has 0 bridgehead atoms. The van der Waals surface area contributed by atoms with Gasteiger partial charge in [-0.2, -0.15) is 0 Å². The number of rotatable bonds is 8. The van der Waals surface area contributed by atoms with E-state index in [2.05, 4.69) is 15.4 Å². The molecule has 0 radical (unpaired) electrons. The molecule has 11 heteroatoms. The molecule has 1 aliphatic rings. The van der Waals surface area contributed by atoms with Crippen LogP contribution in [0.4, 0.5) is 10.2 Å². The lowest BCUT2D eigenvalue weighted by Gasteiger charge is -2.33. The number of hydrogen-bond acceptors (Lipinski definition) is 7. The number of carbonyl (C=O) groups excluding carboxylic acids is 1. The number of aliphatic hydroxyl groups is 1. The number of anilines is 1. The summed E-state index contributed by atoms with van der Waals surface area (Å²) in [6.45, 7) is 1.73. The number of aromatic nitrogens is 3. The van der Waals surface area contributed by atoms with Crippen LogP contribution in [-0.4, -0.2) is 62.8 Å². The van der Waals surface area contributed by atoms with Gasteiger partial charge in [-0.25, -0.2) is 4.79 Å². The Labute approximate surface area is 205 Å². The number of nitrogens with zero attached hydrogens (tertiary/aromatic N) is 4. The first-order valence-corrected chi connectivity index (χ1v) is 11.7. The highest BCUT2D eigenvalue weighted by Crippen LogP contribution is 2.27. The van der Waals surface area contributed by atoms with Gasteiger partial charge in [0.15, 0.2) is 0 Å². The fraction of sp³-hybridized carbons (Fsp3) is 0.320. The van der Waals surface area contributed by atoms with E-state index in [1.807, 2.05) is 0 Å². The van der Waals surface area contributed by atoms with E-state index in [9.17, 15) is 19.2 Å². The molecule has 5 rings (SSSR count). The third-order valence-electron chi connectivity index (χ3n) is 6.35. The Kier molecular flexibility index (Phi) is 6.83. The molecule has 1 unspecified atom stereocenters. The molecule has 1 amide bonds. The lowest BCUT2D eigenvalue weighted by atomic mass is 10.0. The molecular weight excluding hydrogens is 469 g/mol. The zero-order valence-corrected chi connectivity index (χ0v) is 19.4. The maximum atomic E-state index is 14.3. The van der Waals surface area contributed by atoms with Crippen LogP contribution in [0.15, 0.2) is 70.1 Å². The number of β-amino-alcohol motifs (C(OH)–C–C–N with tert-alkyl or cyclic N) is 1. The normalized spacial score (nSPS) is 15.7. The van der Waals surface area contributed by atoms with Gasteiger partial charge < -0.3 is 24.6 Å². The summed E-state index contributed by atoms with van der Waals surface area (Å²) >= 11 is 0. The summed E-state index contributed by atoms with van der Waals surface area (Å²) in [5, 5.41) is 16.8. The fourth-order valence-corrected chi connectivity index (χ4v) is 4.60. The molecule has 10 nitrogen and oxygen atoms in total. The van der Waals surface area contributed by atoms with Crippen molar-refractivity contribution < 1.29 is 23.6 Å². The van der Waals surface area contributed by atoms with Crippen molar-refractivity contribution in [3.8, 4) is 5.75 Å². The van der Waals surface area contributed by atoms with Crippen molar-refractivity contribution in [2.75, 3.05) is 31.6 Å². The standard InChI is InChI=1S/C25H26FN5O5/c26-31-21-7-3-2-6-20(21)30(25(31)34)17-10-13-29(14-11-17)15-18(32)16-35-22-8-4-1-5-19(22)28-24(33)23-9-12-27-36-23/h1-9,12,17-18,32H,10-11,13-16H2,(H,28,33). The Bertz CT molecular complexity index is 1390. The first-order valence-electron chi connectivity index (χ1n) is 11.7. The molecule has 2 aromatic heterocycles. The highest BCUT2D eigenvalue weighted by atomic mass is 19.2. The molecule has 36 heavy (non-hydrogen) atoms. The number of nitrogens with one attached hydrogen (secondary N) is 1. The molecule has 1 atom stereocenters. The van der Waals surface area contributed by atoms with E-state index in [1.54, 1.807) is 48.5 Å². The Balaban J connectivity index is 1.14. The lowest BCUT2D eigenvalue weighted by Crippen LogP contribution is -2.42. The Morgan fingerprint density at radius 1 is 1.14 bits per heavy atom. The molecule has 0 saturated carbocycles. The van der Waals surface area contributed by atoms with Crippen molar-refractivity contribution in [1.82, 2.24) is 19.4 Å². The van der Waals surface area contributed by atoms with Crippen LogP contribution in [0.3, 0.4) is 0 Å². The molecule has 188 valence electrons. The number of hydrogen-bond donors (Lipinski definition) is 2. The second kappa shape index (κ2) is 10.3. The average molecular weight is 496 g/mol. The molecular formula is C25H26FN5O5. The zero-order valence-electron chi connectivity index (χ0n) is 19.4. The third-order valence-corrected chi connectivity index (χ3v) is 6.35. The van der Waals surface area contributed by atoms with Gasteiger partial charge in [0.2, 0.25) is 5.76 Å². The second-order valence-corrected chi connectivity index (χ2v) is 8.75. The van der Waals surface area contributed by atoms with Gasteiger partial charge >= 0.3 is 5.69 Å². The second-order valence-electron chi connectivity index (χ2n) is 8.75. The molecule has 0 aliphatic carbocycles. The van der Waals surface area contributed by atoms with Crippen LogP contribution in [0.2, 0.25) is 0 Å². The number of benzene rings is 2. The smallest absolute Gasteiger partial charge is 0.357 e. The van der Waals surface area contributed by atoms with Gasteiger partial charge in [0.25, 0.3) is 5.91 Å². The number of carbonyl (C=O) groups is 1. The first-order chi connectivity index (χ1) is 17.5. The van der Waals surface area contributed by atoms with Gasteiger partial charge in [-0.3, -0.25) is 9.36 Å². The topological polar surface area (TPSA) is 115 Å². The van der Waals surface area contributed by atoms with Crippen molar-refractivity contribution in [3.63, 3.8) is 0 Å². The van der Waals surface area contributed by atoms with Crippen LogP contribution in [-0.2, 0) is 0 Å². The van der Waals surface area contributed by atoms with Crippen molar-refractivity contribution >= 4 is 22.6 Å². The van der Waals surface area contributed by atoms with Gasteiger partial charge in [0, 0.05) is 31.7 Å². The molecule has 3 heterocycles. The minimum Gasteiger partial charge on any atom is -0.489 e. The molecule has 1 aliphatic heterocycles. The monoisotopic (exact) mass is 495 g/mol. The van der Waals surface area contributed by atoms with Gasteiger partial charge in [0.05, 0.1) is 17.4 Å². The van der Waals surface area contributed by atoms with E-state index in [4.69, 9.17) is 9.26 Å². The molecule has 2 aromatic carbocycles. The molecule has 0 spiro atoms. The first kappa shape index (κ1) is 23.8. The number of aliphatic hydroxyl groups excluding tert-OH is 1. The van der Waals surface area contributed by atoms with Crippen LogP contribution in [0.25, 0.3) is 11.0 Å². The van der Waals surface area contributed by atoms with Crippen molar-refractivity contribution in [2.45, 2.75) is 25.0 Å². The van der Waals surface area contributed by atoms with E-state index in [0.29, 0.717) is 49.4 Å². The number of ether oxygens (including phenoxy) is 1. The van der Waals surface area contributed by atoms with E-state index < -0.39 is 17.7 Å². The van der Waals surface area contributed by atoms with E-state index in [0.717, 1.165) is 0 Å². The number of para-hydroxylation sites is 4. The highest BCUT2D eigenvalue weighted by Gasteiger charge is 2.26. The number of likely N-dealkylation sites (tertiary alicyclic amines) is 1. The van der Waals surface area contributed by atoms with Crippen LogP contribution in [0.1, 0.15) is 29.4 Å². The van der Waals surface area contributed by atoms with Crippen LogP contribution in [0, 0.1) is 0 Å². The van der Waals surface area contributed by atoms with Crippen LogP contribution >= 0.6 is 0 Å². The average Bonchev–Trinajstić information content (AvgIpc) is 3.52. The molecule has 1 fully saturated rings. The maximum Gasteiger partial charge on any atom is 0.357 e. The molecule has 4 aromatic rings. The summed E-state index contributed by atoms with van der Waals surface area (Å²) in [5.41, 5.74) is 0.655. The fourth-order valence-electron chi connectivity index (χ4n) is 4.60. The maximum absolute atomic E-state index is 14.3. The van der Waals surface area contributed by atoms with Gasteiger partial charge in [0.1, 0.15) is 24.0 Å². The highest BCUT2D eigenvalue weighted by molar-refractivity contribution is 6.02. The minimum absolute atomic E-state index is 0.0317. The molecule has 1 saturated heterocycles. The number of amides is 1. The van der Waals surface area contributed by atoms with Gasteiger partial charge in [-0.05, 0) is 37.1 Å².